The van der Waals surface area contributed by atoms with Crippen molar-refractivity contribution >= 4 is 17.0 Å². The maximum absolute atomic E-state index is 5.80. The number of aryl methyl sites for hydroxylation is 1. The third-order valence-corrected chi connectivity index (χ3v) is 3.68. The summed E-state index contributed by atoms with van der Waals surface area (Å²) in [5.74, 6) is 8.15. The van der Waals surface area contributed by atoms with Gasteiger partial charge in [0.15, 0.2) is 22.8 Å². The number of nitrogens with zero attached hydrogens (tertiary/aromatic N) is 4. The number of anilines is 1. The first kappa shape index (κ1) is 15.3. The topological polar surface area (TPSA) is 69.6 Å². The van der Waals surface area contributed by atoms with Crippen molar-refractivity contribution in [3.8, 4) is 11.8 Å². The van der Waals surface area contributed by atoms with Gasteiger partial charge in [0, 0.05) is 13.0 Å². The Morgan fingerprint density at radius 2 is 1.90 bits per heavy atom. The fourth-order valence-electron chi connectivity index (χ4n) is 2.54. The molecule has 1 aliphatic rings. The predicted molar refractivity (Wildman–Crippen MR) is 85.5 cm³/mol. The molecule has 2 N–H and O–H groups in total. The molecule has 112 valence electrons. The molecule has 0 spiro atoms. The predicted octanol–water partition coefficient (Wildman–Crippen LogP) is 2.90. The zero-order valence-electron chi connectivity index (χ0n) is 13.1. The zero-order valence-corrected chi connectivity index (χ0v) is 13.1. The Bertz CT molecular complexity index is 656. The number of aromatic nitrogens is 4. The van der Waals surface area contributed by atoms with Crippen molar-refractivity contribution in [2.75, 3.05) is 5.73 Å². The monoisotopic (exact) mass is 285 g/mol. The molecule has 3 rings (SSSR count). The quantitative estimate of drug-likeness (QED) is 0.756. The number of hydrogen-bond acceptors (Lipinski definition) is 4. The van der Waals surface area contributed by atoms with Gasteiger partial charge in [-0.3, -0.25) is 0 Å². The molecule has 0 bridgehead atoms. The summed E-state index contributed by atoms with van der Waals surface area (Å²) in [5, 5.41) is 0. The van der Waals surface area contributed by atoms with Crippen molar-refractivity contribution < 1.29 is 0 Å². The highest BCUT2D eigenvalue weighted by atomic mass is 15.1. The van der Waals surface area contributed by atoms with Gasteiger partial charge < -0.3 is 10.3 Å². The first-order valence-electron chi connectivity index (χ1n) is 7.70. The summed E-state index contributed by atoms with van der Waals surface area (Å²) >= 11 is 0. The Labute approximate surface area is 126 Å². The van der Waals surface area contributed by atoms with Crippen LogP contribution in [0.4, 0.5) is 5.82 Å². The van der Waals surface area contributed by atoms with Crippen LogP contribution in [0, 0.1) is 17.8 Å². The van der Waals surface area contributed by atoms with Gasteiger partial charge in [-0.25, -0.2) is 15.0 Å². The minimum Gasteiger partial charge on any atom is -0.382 e. The fraction of sp³-hybridized carbons (Fsp3) is 0.562. The van der Waals surface area contributed by atoms with Gasteiger partial charge in [-0.2, -0.15) is 0 Å². The zero-order chi connectivity index (χ0) is 15.2. The Balaban J connectivity index is 0.000000774. The SMILES string of the molecule is CC.Cn1c(C#CC2CCCCC2)nc2c(N)ncnc21. The van der Waals surface area contributed by atoms with Crippen molar-refractivity contribution in [1.29, 1.82) is 0 Å². The molecule has 1 saturated carbocycles. The molecular formula is C16H23N5. The van der Waals surface area contributed by atoms with Gasteiger partial charge in [-0.1, -0.05) is 39.0 Å². The van der Waals surface area contributed by atoms with Gasteiger partial charge in [-0.05, 0) is 18.8 Å². The summed E-state index contributed by atoms with van der Waals surface area (Å²) < 4.78 is 1.88. The van der Waals surface area contributed by atoms with E-state index >= 15 is 0 Å². The lowest BCUT2D eigenvalue weighted by Crippen LogP contribution is -2.03. The lowest BCUT2D eigenvalue weighted by atomic mass is 9.90. The van der Waals surface area contributed by atoms with Gasteiger partial charge in [-0.15, -0.1) is 0 Å². The Hall–Kier alpha value is -2.09. The van der Waals surface area contributed by atoms with E-state index < -0.39 is 0 Å². The minimum absolute atomic E-state index is 0.409. The molecule has 2 heterocycles. The van der Waals surface area contributed by atoms with E-state index in [1.54, 1.807) is 0 Å². The van der Waals surface area contributed by atoms with Crippen LogP contribution in [0.2, 0.25) is 0 Å². The second-order valence-corrected chi connectivity index (χ2v) is 5.03. The van der Waals surface area contributed by atoms with E-state index in [1.807, 2.05) is 25.5 Å². The number of fused-ring (bicyclic) bond motifs is 1. The molecule has 1 fully saturated rings. The van der Waals surface area contributed by atoms with E-state index in [0.29, 0.717) is 23.1 Å². The molecular weight excluding hydrogens is 262 g/mol. The molecule has 0 amide bonds. The molecule has 21 heavy (non-hydrogen) atoms. The molecule has 0 unspecified atom stereocenters. The molecule has 0 atom stereocenters. The van der Waals surface area contributed by atoms with Gasteiger partial charge in [0.05, 0.1) is 0 Å². The molecule has 2 aromatic heterocycles. The van der Waals surface area contributed by atoms with Crippen LogP contribution in [0.15, 0.2) is 6.33 Å². The van der Waals surface area contributed by atoms with Crippen LogP contribution in [0.5, 0.6) is 0 Å². The third kappa shape index (κ3) is 3.33. The molecule has 0 saturated heterocycles. The van der Waals surface area contributed by atoms with Crippen LogP contribution in [0.1, 0.15) is 51.8 Å². The van der Waals surface area contributed by atoms with Crippen molar-refractivity contribution in [2.45, 2.75) is 46.0 Å². The standard InChI is InChI=1S/C14H17N5.C2H6/c1-19-11(8-7-10-5-3-2-4-6-10)18-12-13(15)16-9-17-14(12)19;1-2/h9-10H,2-6H2,1H3,(H2,15,16,17);1-2H3. The molecule has 5 nitrogen and oxygen atoms in total. The maximum Gasteiger partial charge on any atom is 0.187 e. The molecule has 2 aromatic rings. The maximum atomic E-state index is 5.80. The Morgan fingerprint density at radius 1 is 1.19 bits per heavy atom. The average molecular weight is 285 g/mol. The smallest absolute Gasteiger partial charge is 0.187 e. The number of hydrogen-bond donors (Lipinski definition) is 1. The lowest BCUT2D eigenvalue weighted by molar-refractivity contribution is 0.430. The first-order valence-corrected chi connectivity index (χ1v) is 7.70. The second kappa shape index (κ2) is 7.07. The largest absolute Gasteiger partial charge is 0.382 e. The summed E-state index contributed by atoms with van der Waals surface area (Å²) in [6.07, 6.45) is 7.80. The molecule has 0 aromatic carbocycles. The highest BCUT2D eigenvalue weighted by Crippen LogP contribution is 2.23. The van der Waals surface area contributed by atoms with Gasteiger partial charge in [0.2, 0.25) is 0 Å². The van der Waals surface area contributed by atoms with Crippen LogP contribution >= 0.6 is 0 Å². The third-order valence-electron chi connectivity index (χ3n) is 3.68. The van der Waals surface area contributed by atoms with E-state index in [2.05, 4.69) is 26.8 Å². The summed E-state index contributed by atoms with van der Waals surface area (Å²) in [7, 11) is 1.91. The van der Waals surface area contributed by atoms with E-state index in [4.69, 9.17) is 5.73 Å². The van der Waals surface area contributed by atoms with Crippen LogP contribution in [0.25, 0.3) is 11.2 Å². The first-order chi connectivity index (χ1) is 10.3. The van der Waals surface area contributed by atoms with Gasteiger partial charge >= 0.3 is 0 Å². The number of imidazole rings is 1. The normalized spacial score (nSPS) is 15.0. The van der Waals surface area contributed by atoms with Crippen LogP contribution < -0.4 is 5.73 Å². The fourth-order valence-corrected chi connectivity index (χ4v) is 2.54. The molecule has 5 heteroatoms. The van der Waals surface area contributed by atoms with E-state index in [-0.39, 0.29) is 0 Å². The minimum atomic E-state index is 0.409. The number of nitrogens with two attached hydrogens (primary N) is 1. The van der Waals surface area contributed by atoms with E-state index in [9.17, 15) is 0 Å². The highest BCUT2D eigenvalue weighted by molar-refractivity contribution is 5.82. The summed E-state index contributed by atoms with van der Waals surface area (Å²) in [4.78, 5) is 12.6. The Kier molecular flexibility index (Phi) is 5.15. The van der Waals surface area contributed by atoms with E-state index in [1.165, 1.54) is 38.4 Å². The van der Waals surface area contributed by atoms with Crippen LogP contribution in [-0.4, -0.2) is 19.5 Å². The van der Waals surface area contributed by atoms with Crippen LogP contribution in [-0.2, 0) is 7.05 Å². The summed E-state index contributed by atoms with van der Waals surface area (Å²) in [6.45, 7) is 4.00. The summed E-state index contributed by atoms with van der Waals surface area (Å²) in [5.41, 5.74) is 7.18. The lowest BCUT2D eigenvalue weighted by Gasteiger charge is -2.15. The number of rotatable bonds is 0. The van der Waals surface area contributed by atoms with E-state index in [0.717, 1.165) is 5.65 Å². The second-order valence-electron chi connectivity index (χ2n) is 5.03. The van der Waals surface area contributed by atoms with Gasteiger partial charge in [0.25, 0.3) is 0 Å². The van der Waals surface area contributed by atoms with Crippen molar-refractivity contribution in [3.63, 3.8) is 0 Å². The van der Waals surface area contributed by atoms with Crippen molar-refractivity contribution in [2.24, 2.45) is 13.0 Å². The highest BCUT2D eigenvalue weighted by Gasteiger charge is 2.12. The van der Waals surface area contributed by atoms with Gasteiger partial charge in [0.1, 0.15) is 6.33 Å². The van der Waals surface area contributed by atoms with Crippen LogP contribution in [0.3, 0.4) is 0 Å². The van der Waals surface area contributed by atoms with Crippen molar-refractivity contribution in [3.05, 3.63) is 12.2 Å². The molecule has 1 aliphatic carbocycles. The molecule has 0 aliphatic heterocycles. The summed E-state index contributed by atoms with van der Waals surface area (Å²) in [6, 6.07) is 0. The average Bonchev–Trinajstić information content (AvgIpc) is 2.87. The Morgan fingerprint density at radius 3 is 2.57 bits per heavy atom. The van der Waals surface area contributed by atoms with Crippen molar-refractivity contribution in [1.82, 2.24) is 19.5 Å². The molecule has 0 radical (unpaired) electrons. The number of nitrogen functional groups attached to an aromatic ring is 1.